The summed E-state index contributed by atoms with van der Waals surface area (Å²) in [7, 11) is 0. The van der Waals surface area contributed by atoms with Crippen molar-refractivity contribution in [2.75, 3.05) is 6.61 Å². The van der Waals surface area contributed by atoms with Crippen molar-refractivity contribution in [2.24, 2.45) is 0 Å². The van der Waals surface area contributed by atoms with Crippen LogP contribution in [-0.4, -0.2) is 22.8 Å². The van der Waals surface area contributed by atoms with Gasteiger partial charge in [0.15, 0.2) is 0 Å². The molecule has 2 aromatic rings. The molecule has 0 amide bonds. The van der Waals surface area contributed by atoms with Crippen LogP contribution in [0.4, 0.5) is 0 Å². The highest BCUT2D eigenvalue weighted by Crippen LogP contribution is 2.24. The van der Waals surface area contributed by atoms with E-state index in [2.05, 4.69) is 4.98 Å². The number of aliphatic hydroxyl groups excluding tert-OH is 1. The fourth-order valence-electron chi connectivity index (χ4n) is 1.52. The summed E-state index contributed by atoms with van der Waals surface area (Å²) in [5.41, 5.74) is 1.07. The van der Waals surface area contributed by atoms with Crippen LogP contribution in [0.15, 0.2) is 30.5 Å². The van der Waals surface area contributed by atoms with Crippen LogP contribution in [0, 0.1) is 0 Å². The lowest BCUT2D eigenvalue weighted by Gasteiger charge is -2.08. The second-order valence-electron chi connectivity index (χ2n) is 3.68. The van der Waals surface area contributed by atoms with E-state index in [0.717, 1.165) is 16.7 Å². The van der Waals surface area contributed by atoms with Gasteiger partial charge in [-0.05, 0) is 25.1 Å². The number of H-pyrrole nitrogens is 1. The molecule has 0 fully saturated rings. The Morgan fingerprint density at radius 1 is 1.40 bits per heavy atom. The average molecular weight is 205 g/mol. The molecule has 3 nitrogen and oxygen atoms in total. The van der Waals surface area contributed by atoms with Gasteiger partial charge in [-0.25, -0.2) is 0 Å². The zero-order valence-electron chi connectivity index (χ0n) is 8.73. The smallest absolute Gasteiger partial charge is 0.128 e. The molecule has 15 heavy (non-hydrogen) atoms. The quantitative estimate of drug-likeness (QED) is 0.804. The van der Waals surface area contributed by atoms with E-state index < -0.39 is 0 Å². The second kappa shape index (κ2) is 4.36. The molecule has 80 valence electrons. The van der Waals surface area contributed by atoms with Gasteiger partial charge in [0.05, 0.1) is 12.7 Å². The lowest BCUT2D eigenvalue weighted by molar-refractivity contribution is 0.156. The summed E-state index contributed by atoms with van der Waals surface area (Å²) in [6, 6.07) is 7.90. The summed E-state index contributed by atoms with van der Waals surface area (Å²) in [5.74, 6) is 0.870. The molecule has 0 aliphatic heterocycles. The van der Waals surface area contributed by atoms with Gasteiger partial charge >= 0.3 is 0 Å². The first-order chi connectivity index (χ1) is 7.27. The van der Waals surface area contributed by atoms with E-state index >= 15 is 0 Å². The predicted octanol–water partition coefficient (Wildman–Crippen LogP) is 2.32. The number of benzene rings is 1. The van der Waals surface area contributed by atoms with Gasteiger partial charge in [0.25, 0.3) is 0 Å². The van der Waals surface area contributed by atoms with Crippen molar-refractivity contribution in [3.8, 4) is 5.75 Å². The third-order valence-electron chi connectivity index (χ3n) is 2.35. The Bertz CT molecular complexity index is 434. The number of hydrogen-bond donors (Lipinski definition) is 2. The van der Waals surface area contributed by atoms with E-state index in [-0.39, 0.29) is 6.10 Å². The molecule has 1 aromatic carbocycles. The minimum absolute atomic E-state index is 0.310. The van der Waals surface area contributed by atoms with Gasteiger partial charge in [0.1, 0.15) is 5.75 Å². The largest absolute Gasteiger partial charge is 0.493 e. The van der Waals surface area contributed by atoms with E-state index in [4.69, 9.17) is 9.84 Å². The third kappa shape index (κ3) is 2.30. The molecule has 0 radical (unpaired) electrons. The Labute approximate surface area is 88.7 Å². The first-order valence-corrected chi connectivity index (χ1v) is 5.14. The molecular formula is C12H15NO2. The highest BCUT2D eigenvalue weighted by Gasteiger charge is 2.02. The number of nitrogens with one attached hydrogen (secondary N) is 1. The van der Waals surface area contributed by atoms with Crippen LogP contribution in [0.2, 0.25) is 0 Å². The van der Waals surface area contributed by atoms with E-state index in [1.165, 1.54) is 0 Å². The lowest BCUT2D eigenvalue weighted by Crippen LogP contribution is -2.07. The third-order valence-corrected chi connectivity index (χ3v) is 2.35. The van der Waals surface area contributed by atoms with Crippen LogP contribution in [0.25, 0.3) is 10.9 Å². The second-order valence-corrected chi connectivity index (χ2v) is 3.68. The molecule has 1 heterocycles. The average Bonchev–Trinajstić information content (AvgIpc) is 2.65. The van der Waals surface area contributed by atoms with Crippen LogP contribution < -0.4 is 4.74 Å². The molecule has 0 saturated heterocycles. The molecule has 2 rings (SSSR count). The van der Waals surface area contributed by atoms with Gasteiger partial charge in [-0.3, -0.25) is 0 Å². The first-order valence-electron chi connectivity index (χ1n) is 5.14. The molecular weight excluding hydrogens is 190 g/mol. The number of fused-ring (bicyclic) bond motifs is 1. The Morgan fingerprint density at radius 3 is 3.07 bits per heavy atom. The van der Waals surface area contributed by atoms with Crippen LogP contribution in [0.1, 0.15) is 13.3 Å². The summed E-state index contributed by atoms with van der Waals surface area (Å²) < 4.78 is 5.61. The van der Waals surface area contributed by atoms with Crippen molar-refractivity contribution in [3.63, 3.8) is 0 Å². The van der Waals surface area contributed by atoms with Crippen molar-refractivity contribution in [2.45, 2.75) is 19.4 Å². The highest BCUT2D eigenvalue weighted by molar-refractivity contribution is 5.85. The summed E-state index contributed by atoms with van der Waals surface area (Å²) in [6.45, 7) is 2.31. The zero-order valence-corrected chi connectivity index (χ0v) is 8.73. The van der Waals surface area contributed by atoms with Crippen molar-refractivity contribution < 1.29 is 9.84 Å². The minimum Gasteiger partial charge on any atom is -0.493 e. The van der Waals surface area contributed by atoms with E-state index in [0.29, 0.717) is 13.0 Å². The predicted molar refractivity (Wildman–Crippen MR) is 60.1 cm³/mol. The van der Waals surface area contributed by atoms with Gasteiger partial charge in [-0.2, -0.15) is 0 Å². The molecule has 0 bridgehead atoms. The first kappa shape index (κ1) is 10.1. The zero-order chi connectivity index (χ0) is 10.7. The number of aromatic nitrogens is 1. The summed E-state index contributed by atoms with van der Waals surface area (Å²) in [4.78, 5) is 3.13. The van der Waals surface area contributed by atoms with Crippen LogP contribution in [-0.2, 0) is 0 Å². The fraction of sp³-hybridized carbons (Fsp3) is 0.333. The van der Waals surface area contributed by atoms with Crippen LogP contribution >= 0.6 is 0 Å². The fourth-order valence-corrected chi connectivity index (χ4v) is 1.52. The van der Waals surface area contributed by atoms with Crippen LogP contribution in [0.3, 0.4) is 0 Å². The van der Waals surface area contributed by atoms with Crippen molar-refractivity contribution in [1.29, 1.82) is 0 Å². The van der Waals surface area contributed by atoms with Crippen molar-refractivity contribution in [1.82, 2.24) is 4.98 Å². The normalized spacial score (nSPS) is 12.9. The molecule has 1 aromatic heterocycles. The maximum Gasteiger partial charge on any atom is 0.128 e. The van der Waals surface area contributed by atoms with Gasteiger partial charge in [-0.15, -0.1) is 0 Å². The van der Waals surface area contributed by atoms with Gasteiger partial charge in [0, 0.05) is 23.5 Å². The number of hydrogen-bond acceptors (Lipinski definition) is 2. The number of aromatic amines is 1. The Balaban J connectivity index is 2.10. The number of ether oxygens (including phenoxy) is 1. The van der Waals surface area contributed by atoms with Gasteiger partial charge in [0.2, 0.25) is 0 Å². The standard InChI is InChI=1S/C12H15NO2/c1-9(14)6-8-15-12-4-2-3-11-10(12)5-7-13-11/h2-5,7,9,13-14H,6,8H2,1H3/t9-/m0/s1. The molecule has 0 aliphatic carbocycles. The summed E-state index contributed by atoms with van der Waals surface area (Å²) >= 11 is 0. The monoisotopic (exact) mass is 205 g/mol. The molecule has 0 spiro atoms. The Morgan fingerprint density at radius 2 is 2.27 bits per heavy atom. The Kier molecular flexibility index (Phi) is 2.92. The molecule has 1 atom stereocenters. The topological polar surface area (TPSA) is 45.2 Å². The van der Waals surface area contributed by atoms with Gasteiger partial charge < -0.3 is 14.8 Å². The number of aliphatic hydroxyl groups is 1. The van der Waals surface area contributed by atoms with E-state index in [9.17, 15) is 0 Å². The molecule has 0 saturated carbocycles. The molecule has 3 heteroatoms. The molecule has 0 unspecified atom stereocenters. The Hall–Kier alpha value is -1.48. The number of rotatable bonds is 4. The van der Waals surface area contributed by atoms with Crippen molar-refractivity contribution in [3.05, 3.63) is 30.5 Å². The molecule has 2 N–H and O–H groups in total. The molecule has 0 aliphatic rings. The summed E-state index contributed by atoms with van der Waals surface area (Å²) in [5, 5.41) is 10.2. The van der Waals surface area contributed by atoms with E-state index in [1.807, 2.05) is 30.5 Å². The van der Waals surface area contributed by atoms with Gasteiger partial charge in [-0.1, -0.05) is 6.07 Å². The maximum absolute atomic E-state index is 9.12. The van der Waals surface area contributed by atoms with Crippen molar-refractivity contribution >= 4 is 10.9 Å². The SMILES string of the molecule is C[C@H](O)CCOc1cccc2[nH]ccc12. The van der Waals surface area contributed by atoms with E-state index in [1.54, 1.807) is 6.92 Å². The van der Waals surface area contributed by atoms with Crippen LogP contribution in [0.5, 0.6) is 5.75 Å². The summed E-state index contributed by atoms with van der Waals surface area (Å²) in [6.07, 6.45) is 2.24. The highest BCUT2D eigenvalue weighted by atomic mass is 16.5. The lowest BCUT2D eigenvalue weighted by atomic mass is 10.2. The minimum atomic E-state index is -0.310. The maximum atomic E-state index is 9.12.